The minimum absolute atomic E-state index is 0.0483. The summed E-state index contributed by atoms with van der Waals surface area (Å²) in [4.78, 5) is 16.0. The van der Waals surface area contributed by atoms with Crippen LogP contribution in [0.2, 0.25) is 0 Å². The summed E-state index contributed by atoms with van der Waals surface area (Å²) in [6, 6.07) is 73.7. The Hall–Kier alpha value is -8.41. The van der Waals surface area contributed by atoms with E-state index in [0.29, 0.717) is 17.5 Å². The second kappa shape index (κ2) is 16.7. The van der Waals surface area contributed by atoms with Crippen molar-refractivity contribution in [3.63, 3.8) is 0 Å². The van der Waals surface area contributed by atoms with E-state index in [1.165, 1.54) is 33.0 Å². The molecule has 338 valence electrons. The van der Waals surface area contributed by atoms with Crippen molar-refractivity contribution in [1.29, 1.82) is 0 Å². The van der Waals surface area contributed by atoms with Gasteiger partial charge in [-0.1, -0.05) is 199 Å². The zero-order chi connectivity index (χ0) is 47.7. The van der Waals surface area contributed by atoms with Crippen molar-refractivity contribution in [2.24, 2.45) is 0 Å². The lowest BCUT2D eigenvalue weighted by Gasteiger charge is -2.22. The molecule has 0 fully saturated rings. The van der Waals surface area contributed by atoms with Gasteiger partial charge in [-0.25, -0.2) is 15.0 Å². The lowest BCUT2D eigenvalue weighted by Crippen LogP contribution is -2.10. The number of nitrogens with zero attached hydrogens (tertiary/aromatic N) is 4. The van der Waals surface area contributed by atoms with E-state index >= 15 is 0 Å². The lowest BCUT2D eigenvalue weighted by molar-refractivity contribution is 0.590. The summed E-state index contributed by atoms with van der Waals surface area (Å²) in [6.45, 7) is 13.7. The fraction of sp³-hybridized carbons (Fsp3) is 0.123. The summed E-state index contributed by atoms with van der Waals surface area (Å²) in [6.07, 6.45) is 0. The molecule has 0 N–H and O–H groups in total. The molecule has 3 heterocycles. The highest BCUT2D eigenvalue weighted by molar-refractivity contribution is 6.13. The first-order valence-electron chi connectivity index (χ1n) is 24.2. The van der Waals surface area contributed by atoms with Crippen LogP contribution in [0.1, 0.15) is 52.7 Å². The molecule has 0 amide bonds. The predicted molar refractivity (Wildman–Crippen MR) is 291 cm³/mol. The molecule has 0 unspecified atom stereocenters. The van der Waals surface area contributed by atoms with Crippen molar-refractivity contribution in [2.45, 2.75) is 52.4 Å². The number of hydrogen-bond acceptors (Lipinski definition) is 4. The van der Waals surface area contributed by atoms with E-state index in [9.17, 15) is 0 Å². The Bertz CT molecular complexity index is 3870. The van der Waals surface area contributed by atoms with E-state index in [1.54, 1.807) is 0 Å². The molecule has 0 aliphatic carbocycles. The number of para-hydroxylation sites is 1. The number of furan rings is 1. The predicted octanol–water partition coefficient (Wildman–Crippen LogP) is 17.5. The third-order valence-corrected chi connectivity index (χ3v) is 13.8. The average Bonchev–Trinajstić information content (AvgIpc) is 3.93. The minimum atomic E-state index is -0.0483. The molecule has 0 radical (unpaired) electrons. The van der Waals surface area contributed by atoms with E-state index in [1.807, 2.05) is 48.5 Å². The Morgan fingerprint density at radius 3 is 1.47 bits per heavy atom. The summed E-state index contributed by atoms with van der Waals surface area (Å²) in [5.74, 6) is 1.75. The van der Waals surface area contributed by atoms with Crippen LogP contribution in [-0.4, -0.2) is 19.5 Å². The standard InChI is InChI=1S/C65H52N4O/c1-64(2,3)47-32-29-41(30-33-47)45-31-35-55-53(37-45)54-40-48(65(4,5)6)34-36-56(54)69(55)60-51(42-19-10-7-11-20-42)38-46(39-52(60)43-21-12-8-13-22-43)62-66-61(44-23-14-9-15-24-44)67-63(68-62)50-26-18-28-58-59(50)49-25-16-17-27-57(49)70-58/h7-40H,1-6H3. The van der Waals surface area contributed by atoms with Gasteiger partial charge in [0.1, 0.15) is 11.2 Å². The molecular weight excluding hydrogens is 853 g/mol. The van der Waals surface area contributed by atoms with Crippen LogP contribution in [0, 0.1) is 0 Å². The molecule has 0 aliphatic rings. The maximum Gasteiger partial charge on any atom is 0.164 e. The van der Waals surface area contributed by atoms with Crippen LogP contribution >= 0.6 is 0 Å². The first-order chi connectivity index (χ1) is 34.0. The molecule has 12 aromatic rings. The Kier molecular flexibility index (Phi) is 10.2. The second-order valence-corrected chi connectivity index (χ2v) is 20.5. The van der Waals surface area contributed by atoms with Gasteiger partial charge in [0.05, 0.1) is 16.7 Å². The van der Waals surface area contributed by atoms with Crippen molar-refractivity contribution in [2.75, 3.05) is 0 Å². The second-order valence-electron chi connectivity index (χ2n) is 20.5. The van der Waals surface area contributed by atoms with Gasteiger partial charge in [-0.2, -0.15) is 0 Å². The summed E-state index contributed by atoms with van der Waals surface area (Å²) in [7, 11) is 0. The fourth-order valence-corrected chi connectivity index (χ4v) is 10.1. The van der Waals surface area contributed by atoms with Gasteiger partial charge in [0.25, 0.3) is 0 Å². The van der Waals surface area contributed by atoms with Crippen LogP contribution in [-0.2, 0) is 10.8 Å². The first kappa shape index (κ1) is 42.9. The highest BCUT2D eigenvalue weighted by Gasteiger charge is 2.26. The number of hydrogen-bond donors (Lipinski definition) is 0. The monoisotopic (exact) mass is 904 g/mol. The van der Waals surface area contributed by atoms with Crippen LogP contribution in [0.25, 0.3) is 117 Å². The number of rotatable bonds is 7. The van der Waals surface area contributed by atoms with E-state index in [4.69, 9.17) is 19.4 Å². The normalized spacial score (nSPS) is 12.1. The lowest BCUT2D eigenvalue weighted by atomic mass is 9.86. The van der Waals surface area contributed by atoms with Crippen LogP contribution in [0.3, 0.4) is 0 Å². The van der Waals surface area contributed by atoms with Crippen molar-refractivity contribution in [3.8, 4) is 73.2 Å². The molecule has 5 nitrogen and oxygen atoms in total. The van der Waals surface area contributed by atoms with Crippen molar-refractivity contribution in [3.05, 3.63) is 217 Å². The molecule has 5 heteroatoms. The maximum absolute atomic E-state index is 6.38. The van der Waals surface area contributed by atoms with E-state index in [0.717, 1.165) is 77.6 Å². The smallest absolute Gasteiger partial charge is 0.164 e. The summed E-state index contributed by atoms with van der Waals surface area (Å²) in [5.41, 5.74) is 16.9. The van der Waals surface area contributed by atoms with Gasteiger partial charge < -0.3 is 8.98 Å². The third-order valence-electron chi connectivity index (χ3n) is 13.8. The maximum atomic E-state index is 6.38. The van der Waals surface area contributed by atoms with E-state index in [2.05, 4.69) is 204 Å². The van der Waals surface area contributed by atoms with Crippen LogP contribution in [0.5, 0.6) is 0 Å². The van der Waals surface area contributed by atoms with Gasteiger partial charge in [0.15, 0.2) is 17.5 Å². The van der Waals surface area contributed by atoms with Gasteiger partial charge in [-0.05, 0) is 92.7 Å². The summed E-state index contributed by atoms with van der Waals surface area (Å²) in [5, 5.41) is 4.42. The molecule has 0 atom stereocenters. The van der Waals surface area contributed by atoms with Crippen LogP contribution < -0.4 is 0 Å². The van der Waals surface area contributed by atoms with E-state index in [-0.39, 0.29) is 10.8 Å². The molecule has 12 rings (SSSR count). The Balaban J connectivity index is 1.16. The van der Waals surface area contributed by atoms with Crippen LogP contribution in [0.4, 0.5) is 0 Å². The van der Waals surface area contributed by atoms with Gasteiger partial charge in [-0.15, -0.1) is 0 Å². The topological polar surface area (TPSA) is 56.7 Å². The number of fused-ring (bicyclic) bond motifs is 6. The quantitative estimate of drug-likeness (QED) is 0.160. The van der Waals surface area contributed by atoms with Gasteiger partial charge in [0, 0.05) is 49.4 Å². The molecule has 3 aromatic heterocycles. The molecule has 0 saturated carbocycles. The molecule has 70 heavy (non-hydrogen) atoms. The highest BCUT2D eigenvalue weighted by Crippen LogP contribution is 2.46. The van der Waals surface area contributed by atoms with Crippen molar-refractivity contribution >= 4 is 43.7 Å². The zero-order valence-corrected chi connectivity index (χ0v) is 40.3. The molecular formula is C65H52N4O. The number of benzene rings is 9. The highest BCUT2D eigenvalue weighted by atomic mass is 16.3. The van der Waals surface area contributed by atoms with Crippen LogP contribution in [0.15, 0.2) is 211 Å². The summed E-state index contributed by atoms with van der Waals surface area (Å²) < 4.78 is 8.87. The molecule has 0 aliphatic heterocycles. The SMILES string of the molecule is CC(C)(C)c1ccc(-c2ccc3c(c2)c2cc(C(C)(C)C)ccc2n3-c2c(-c3ccccc3)cc(-c3nc(-c4ccccc4)nc(-c4cccc5oc6ccccc6c45)n3)cc2-c2ccccc2)cc1. The van der Waals surface area contributed by atoms with Gasteiger partial charge in [-0.3, -0.25) is 0 Å². The zero-order valence-electron chi connectivity index (χ0n) is 40.3. The molecule has 9 aromatic carbocycles. The molecule has 0 saturated heterocycles. The third kappa shape index (κ3) is 7.55. The van der Waals surface area contributed by atoms with E-state index < -0.39 is 0 Å². The summed E-state index contributed by atoms with van der Waals surface area (Å²) >= 11 is 0. The minimum Gasteiger partial charge on any atom is -0.456 e. The Morgan fingerprint density at radius 2 is 0.843 bits per heavy atom. The fourth-order valence-electron chi connectivity index (χ4n) is 10.1. The first-order valence-corrected chi connectivity index (χ1v) is 24.2. The largest absolute Gasteiger partial charge is 0.456 e. The van der Waals surface area contributed by atoms with Gasteiger partial charge in [0.2, 0.25) is 0 Å². The Morgan fingerprint density at radius 1 is 0.343 bits per heavy atom. The molecule has 0 bridgehead atoms. The van der Waals surface area contributed by atoms with Gasteiger partial charge >= 0.3 is 0 Å². The Labute approximate surface area is 408 Å². The number of aromatic nitrogens is 4. The van der Waals surface area contributed by atoms with Crippen molar-refractivity contribution in [1.82, 2.24) is 19.5 Å². The molecule has 0 spiro atoms. The van der Waals surface area contributed by atoms with Crippen molar-refractivity contribution < 1.29 is 4.42 Å². The average molecular weight is 905 g/mol.